The molecule has 5 nitrogen and oxygen atoms in total. The lowest BCUT2D eigenvalue weighted by molar-refractivity contribution is 0.474. The van der Waals surface area contributed by atoms with Crippen molar-refractivity contribution in [2.45, 2.75) is 6.54 Å². The molecule has 6 heteroatoms. The minimum absolute atomic E-state index is 0.243. The summed E-state index contributed by atoms with van der Waals surface area (Å²) in [7, 11) is 1.97. The molecule has 4 aromatic rings. The Labute approximate surface area is 155 Å². The highest BCUT2D eigenvalue weighted by atomic mass is 35.5. The van der Waals surface area contributed by atoms with Crippen molar-refractivity contribution in [1.82, 2.24) is 14.5 Å². The summed E-state index contributed by atoms with van der Waals surface area (Å²) in [5.74, 6) is 0.778. The lowest BCUT2D eigenvalue weighted by atomic mass is 10.1. The van der Waals surface area contributed by atoms with E-state index in [4.69, 9.17) is 11.6 Å². The van der Waals surface area contributed by atoms with Crippen molar-refractivity contribution < 1.29 is 5.11 Å². The van der Waals surface area contributed by atoms with Gasteiger partial charge in [0, 0.05) is 35.8 Å². The van der Waals surface area contributed by atoms with Crippen molar-refractivity contribution in [3.8, 4) is 17.0 Å². The largest absolute Gasteiger partial charge is 0.508 e. The number of aromatic hydroxyl groups is 1. The number of aromatic nitrogens is 3. The molecule has 130 valence electrons. The predicted molar refractivity (Wildman–Crippen MR) is 104 cm³/mol. The Balaban J connectivity index is 1.65. The van der Waals surface area contributed by atoms with Crippen molar-refractivity contribution in [1.29, 1.82) is 0 Å². The minimum atomic E-state index is 0.243. The summed E-state index contributed by atoms with van der Waals surface area (Å²) in [5, 5.41) is 14.4. The number of phenolic OH excluding ortho intramolecular Hbond substituents is 1. The zero-order chi connectivity index (χ0) is 18.1. The minimum Gasteiger partial charge on any atom is -0.508 e. The predicted octanol–water partition coefficient (Wildman–Crippen LogP) is 4.61. The van der Waals surface area contributed by atoms with Gasteiger partial charge >= 0.3 is 0 Å². The molecule has 0 spiro atoms. The van der Waals surface area contributed by atoms with Gasteiger partial charge in [-0.25, -0.2) is 4.98 Å². The Bertz CT molecular complexity index is 1090. The Morgan fingerprint density at radius 1 is 1.12 bits per heavy atom. The second-order valence-electron chi connectivity index (χ2n) is 6.06. The Kier molecular flexibility index (Phi) is 4.22. The summed E-state index contributed by atoms with van der Waals surface area (Å²) in [6.45, 7) is 0.529. The summed E-state index contributed by atoms with van der Waals surface area (Å²) in [5.41, 5.74) is 3.74. The van der Waals surface area contributed by atoms with Gasteiger partial charge in [-0.1, -0.05) is 41.9 Å². The lowest BCUT2D eigenvalue weighted by Crippen LogP contribution is -2.04. The van der Waals surface area contributed by atoms with Gasteiger partial charge in [-0.3, -0.25) is 0 Å². The average molecular weight is 365 g/mol. The number of nitrogens with zero attached hydrogens (tertiary/aromatic N) is 3. The molecule has 0 radical (unpaired) electrons. The molecule has 2 aromatic heterocycles. The quantitative estimate of drug-likeness (QED) is 0.555. The Morgan fingerprint density at radius 3 is 2.77 bits per heavy atom. The molecule has 2 N–H and O–H groups in total. The third-order valence-corrected chi connectivity index (χ3v) is 4.61. The van der Waals surface area contributed by atoms with Gasteiger partial charge in [0.25, 0.3) is 0 Å². The number of benzene rings is 2. The van der Waals surface area contributed by atoms with Crippen LogP contribution in [0.4, 0.5) is 5.95 Å². The van der Waals surface area contributed by atoms with E-state index in [0.717, 1.165) is 27.9 Å². The van der Waals surface area contributed by atoms with Gasteiger partial charge < -0.3 is 15.0 Å². The molecular formula is C20H17ClN4O. The van der Waals surface area contributed by atoms with Crippen LogP contribution < -0.4 is 5.32 Å². The van der Waals surface area contributed by atoms with Gasteiger partial charge in [0.1, 0.15) is 11.4 Å². The summed E-state index contributed by atoms with van der Waals surface area (Å²) in [6, 6.07) is 16.9. The van der Waals surface area contributed by atoms with E-state index >= 15 is 0 Å². The number of fused-ring (bicyclic) bond motifs is 1. The third kappa shape index (κ3) is 3.09. The fourth-order valence-electron chi connectivity index (χ4n) is 2.97. The van der Waals surface area contributed by atoms with Gasteiger partial charge in [-0.2, -0.15) is 4.98 Å². The maximum atomic E-state index is 9.55. The highest BCUT2D eigenvalue weighted by Gasteiger charge is 2.12. The standard InChI is InChI=1S/C20H17ClN4O/c1-25-18(16-7-2-3-8-17(16)21)10-14-12-23-20(24-19(14)25)22-11-13-5-4-6-15(26)9-13/h2-10,12,26H,11H2,1H3,(H,22,23,24). The number of hydrogen-bond acceptors (Lipinski definition) is 4. The molecule has 0 fully saturated rings. The van der Waals surface area contributed by atoms with Crippen LogP contribution in [0.3, 0.4) is 0 Å². The lowest BCUT2D eigenvalue weighted by Gasteiger charge is -2.07. The number of halogens is 1. The first-order chi connectivity index (χ1) is 12.6. The van der Waals surface area contributed by atoms with E-state index in [9.17, 15) is 5.11 Å². The van der Waals surface area contributed by atoms with Crippen LogP contribution in [-0.2, 0) is 13.6 Å². The molecule has 0 bridgehead atoms. The van der Waals surface area contributed by atoms with Gasteiger partial charge in [0.05, 0.1) is 5.69 Å². The van der Waals surface area contributed by atoms with E-state index < -0.39 is 0 Å². The Hall–Kier alpha value is -3.05. The molecule has 0 atom stereocenters. The van der Waals surface area contributed by atoms with Crippen molar-refractivity contribution in [2.24, 2.45) is 7.05 Å². The smallest absolute Gasteiger partial charge is 0.224 e. The molecule has 2 heterocycles. The number of nitrogens with one attached hydrogen (secondary N) is 1. The maximum Gasteiger partial charge on any atom is 0.224 e. The van der Waals surface area contributed by atoms with Gasteiger partial charge in [-0.05, 0) is 29.8 Å². The molecule has 0 aliphatic carbocycles. The van der Waals surface area contributed by atoms with E-state index in [1.165, 1.54) is 0 Å². The average Bonchev–Trinajstić information content (AvgIpc) is 2.97. The summed E-state index contributed by atoms with van der Waals surface area (Å²) in [4.78, 5) is 9.01. The topological polar surface area (TPSA) is 63.0 Å². The molecule has 0 aliphatic rings. The van der Waals surface area contributed by atoms with Gasteiger partial charge in [-0.15, -0.1) is 0 Å². The van der Waals surface area contributed by atoms with Crippen LogP contribution in [0.15, 0.2) is 60.8 Å². The second-order valence-corrected chi connectivity index (χ2v) is 6.47. The first-order valence-electron chi connectivity index (χ1n) is 8.21. The number of aryl methyl sites for hydroxylation is 1. The molecule has 0 amide bonds. The van der Waals surface area contributed by atoms with E-state index in [1.807, 2.05) is 54.1 Å². The van der Waals surface area contributed by atoms with Gasteiger partial charge in [0.15, 0.2) is 0 Å². The fraction of sp³-hybridized carbons (Fsp3) is 0.100. The molecule has 0 saturated heterocycles. The van der Waals surface area contributed by atoms with E-state index in [2.05, 4.69) is 15.3 Å². The number of hydrogen-bond donors (Lipinski definition) is 2. The van der Waals surface area contributed by atoms with E-state index in [1.54, 1.807) is 18.3 Å². The first-order valence-corrected chi connectivity index (χ1v) is 8.59. The summed E-state index contributed by atoms with van der Waals surface area (Å²) < 4.78 is 2.01. The fourth-order valence-corrected chi connectivity index (χ4v) is 3.20. The van der Waals surface area contributed by atoms with E-state index in [-0.39, 0.29) is 5.75 Å². The van der Waals surface area contributed by atoms with Crippen molar-refractivity contribution >= 4 is 28.6 Å². The molecule has 0 saturated carbocycles. The molecule has 0 unspecified atom stereocenters. The van der Waals surface area contributed by atoms with Crippen molar-refractivity contribution in [2.75, 3.05) is 5.32 Å². The zero-order valence-electron chi connectivity index (χ0n) is 14.1. The van der Waals surface area contributed by atoms with Gasteiger partial charge in [0.2, 0.25) is 5.95 Å². The Morgan fingerprint density at radius 2 is 1.96 bits per heavy atom. The van der Waals surface area contributed by atoms with Crippen LogP contribution in [0, 0.1) is 0 Å². The highest BCUT2D eigenvalue weighted by molar-refractivity contribution is 6.33. The van der Waals surface area contributed by atoms with E-state index in [0.29, 0.717) is 17.5 Å². The summed E-state index contributed by atoms with van der Waals surface area (Å²) in [6.07, 6.45) is 1.80. The van der Waals surface area contributed by atoms with Crippen molar-refractivity contribution in [3.05, 3.63) is 71.4 Å². The number of rotatable bonds is 4. The van der Waals surface area contributed by atoms with Crippen LogP contribution in [-0.4, -0.2) is 19.6 Å². The maximum absolute atomic E-state index is 9.55. The number of anilines is 1. The zero-order valence-corrected chi connectivity index (χ0v) is 14.9. The molecule has 4 rings (SSSR count). The van der Waals surface area contributed by atoms with Crippen LogP contribution in [0.25, 0.3) is 22.3 Å². The number of phenols is 1. The molecule has 0 aliphatic heterocycles. The van der Waals surface area contributed by atoms with Crippen LogP contribution in [0.1, 0.15) is 5.56 Å². The van der Waals surface area contributed by atoms with Crippen molar-refractivity contribution in [3.63, 3.8) is 0 Å². The van der Waals surface area contributed by atoms with Crippen LogP contribution in [0.5, 0.6) is 5.75 Å². The monoisotopic (exact) mass is 364 g/mol. The normalized spacial score (nSPS) is 11.0. The second kappa shape index (κ2) is 6.69. The van der Waals surface area contributed by atoms with Crippen LogP contribution in [0.2, 0.25) is 5.02 Å². The molecule has 26 heavy (non-hydrogen) atoms. The third-order valence-electron chi connectivity index (χ3n) is 4.28. The highest BCUT2D eigenvalue weighted by Crippen LogP contribution is 2.31. The first kappa shape index (κ1) is 16.4. The molecular weight excluding hydrogens is 348 g/mol. The SMILES string of the molecule is Cn1c(-c2ccccc2Cl)cc2cnc(NCc3cccc(O)c3)nc21. The summed E-state index contributed by atoms with van der Waals surface area (Å²) >= 11 is 6.34. The van der Waals surface area contributed by atoms with Crippen LogP contribution >= 0.6 is 11.6 Å². The molecule has 2 aromatic carbocycles.